The number of unbranched alkanes of at least 4 members (excludes halogenated alkanes) is 1. The van der Waals surface area contributed by atoms with Crippen LogP contribution in [0.15, 0.2) is 42.7 Å². The number of aromatic nitrogens is 2. The van der Waals surface area contributed by atoms with Gasteiger partial charge in [0.1, 0.15) is 17.4 Å². The normalized spacial score (nSPS) is 10.3. The molecule has 5 nitrogen and oxygen atoms in total. The summed E-state index contributed by atoms with van der Waals surface area (Å²) in [5, 5.41) is 4.33. The molecule has 1 aromatic carbocycles. The van der Waals surface area contributed by atoms with E-state index < -0.39 is 0 Å². The standard InChI is InChI=1S/C17H22N3O2/c1-4-5-11-22-17(21)15-12-18-20(13-16(15)19(2)3)14-9-7-6-8-10-14/h6-10,12-13H,4-5,11H2,1-3H3/q+1. The van der Waals surface area contributed by atoms with Crippen LogP contribution in [0.3, 0.4) is 0 Å². The highest BCUT2D eigenvalue weighted by Crippen LogP contribution is 2.17. The summed E-state index contributed by atoms with van der Waals surface area (Å²) >= 11 is 0. The molecule has 0 N–H and O–H groups in total. The van der Waals surface area contributed by atoms with Crippen molar-refractivity contribution >= 4 is 11.7 Å². The average Bonchev–Trinajstić information content (AvgIpc) is 2.55. The first-order valence-corrected chi connectivity index (χ1v) is 7.45. The second-order valence-electron chi connectivity index (χ2n) is 5.24. The quantitative estimate of drug-likeness (QED) is 0.467. The van der Waals surface area contributed by atoms with Gasteiger partial charge >= 0.3 is 5.97 Å². The molecule has 22 heavy (non-hydrogen) atoms. The number of anilines is 1. The molecule has 0 bridgehead atoms. The lowest BCUT2D eigenvalue weighted by Gasteiger charge is -2.14. The van der Waals surface area contributed by atoms with E-state index in [4.69, 9.17) is 4.74 Å². The van der Waals surface area contributed by atoms with Gasteiger partial charge in [-0.15, -0.1) is 0 Å². The van der Waals surface area contributed by atoms with Crippen LogP contribution in [0.5, 0.6) is 0 Å². The Morgan fingerprint density at radius 1 is 1.27 bits per heavy atom. The summed E-state index contributed by atoms with van der Waals surface area (Å²) < 4.78 is 7.04. The van der Waals surface area contributed by atoms with Gasteiger partial charge in [-0.1, -0.05) is 36.2 Å². The molecular weight excluding hydrogens is 278 g/mol. The third kappa shape index (κ3) is 3.81. The summed E-state index contributed by atoms with van der Waals surface area (Å²) in [5.41, 5.74) is 2.20. The van der Waals surface area contributed by atoms with Gasteiger partial charge in [-0.3, -0.25) is 0 Å². The predicted octanol–water partition coefficient (Wildman–Crippen LogP) is 2.38. The number of carbonyl (C=O) groups is 1. The van der Waals surface area contributed by atoms with Crippen LogP contribution in [-0.4, -0.2) is 31.8 Å². The Hall–Kier alpha value is -2.43. The molecule has 5 heteroatoms. The second kappa shape index (κ2) is 7.54. The second-order valence-corrected chi connectivity index (χ2v) is 5.24. The van der Waals surface area contributed by atoms with Gasteiger partial charge in [-0.25, -0.2) is 4.79 Å². The zero-order valence-electron chi connectivity index (χ0n) is 13.3. The van der Waals surface area contributed by atoms with E-state index in [9.17, 15) is 4.79 Å². The summed E-state index contributed by atoms with van der Waals surface area (Å²) in [7, 11) is 3.79. The first-order chi connectivity index (χ1) is 10.6. The fraction of sp³-hybridized carbons (Fsp3) is 0.353. The van der Waals surface area contributed by atoms with Crippen LogP contribution in [0, 0.1) is 0 Å². The summed E-state index contributed by atoms with van der Waals surface area (Å²) in [6.45, 7) is 2.50. The Morgan fingerprint density at radius 2 is 2.00 bits per heavy atom. The number of esters is 1. The Labute approximate surface area is 131 Å². The number of ether oxygens (including phenoxy) is 1. The lowest BCUT2D eigenvalue weighted by molar-refractivity contribution is -0.659. The molecule has 0 amide bonds. The molecule has 0 atom stereocenters. The van der Waals surface area contributed by atoms with Crippen LogP contribution in [0.2, 0.25) is 0 Å². The van der Waals surface area contributed by atoms with Crippen molar-refractivity contribution in [1.82, 2.24) is 5.10 Å². The minimum atomic E-state index is -0.329. The van der Waals surface area contributed by atoms with Crippen molar-refractivity contribution < 1.29 is 14.2 Å². The molecule has 0 aliphatic heterocycles. The highest BCUT2D eigenvalue weighted by atomic mass is 16.5. The van der Waals surface area contributed by atoms with Gasteiger partial charge < -0.3 is 9.64 Å². The first kappa shape index (κ1) is 15.9. The molecular formula is C17H22N3O2+. The van der Waals surface area contributed by atoms with Crippen molar-refractivity contribution in [3.05, 3.63) is 48.3 Å². The van der Waals surface area contributed by atoms with Gasteiger partial charge in [0, 0.05) is 26.2 Å². The molecule has 0 saturated heterocycles. The molecule has 0 spiro atoms. The van der Waals surface area contributed by atoms with Crippen LogP contribution in [0.25, 0.3) is 5.69 Å². The smallest absolute Gasteiger partial charge is 0.342 e. The predicted molar refractivity (Wildman–Crippen MR) is 85.3 cm³/mol. The van der Waals surface area contributed by atoms with E-state index in [1.54, 1.807) is 10.9 Å². The highest BCUT2D eigenvalue weighted by Gasteiger charge is 2.20. The fourth-order valence-electron chi connectivity index (χ4n) is 2.03. The molecule has 0 fully saturated rings. The van der Waals surface area contributed by atoms with Crippen LogP contribution < -0.4 is 9.58 Å². The van der Waals surface area contributed by atoms with E-state index in [1.165, 1.54) is 0 Å². The van der Waals surface area contributed by atoms with Gasteiger partial charge in [-0.2, -0.15) is 0 Å². The maximum Gasteiger partial charge on any atom is 0.342 e. The van der Waals surface area contributed by atoms with Crippen LogP contribution >= 0.6 is 0 Å². The molecule has 0 unspecified atom stereocenters. The van der Waals surface area contributed by atoms with Crippen molar-refractivity contribution in [1.29, 1.82) is 0 Å². The molecule has 116 valence electrons. The minimum Gasteiger partial charge on any atom is -0.462 e. The number of hydrogen-bond acceptors (Lipinski definition) is 4. The third-order valence-corrected chi connectivity index (χ3v) is 3.29. The molecule has 2 rings (SSSR count). The fourth-order valence-corrected chi connectivity index (χ4v) is 2.03. The van der Waals surface area contributed by atoms with E-state index in [0.29, 0.717) is 12.2 Å². The molecule has 0 aliphatic rings. The van der Waals surface area contributed by atoms with Crippen molar-refractivity contribution in [2.45, 2.75) is 19.8 Å². The average molecular weight is 300 g/mol. The van der Waals surface area contributed by atoms with Crippen LogP contribution in [-0.2, 0) is 4.74 Å². The highest BCUT2D eigenvalue weighted by molar-refractivity contribution is 5.95. The van der Waals surface area contributed by atoms with Gasteiger partial charge in [0.25, 0.3) is 0 Å². The molecule has 0 aliphatic carbocycles. The largest absolute Gasteiger partial charge is 0.462 e. The maximum absolute atomic E-state index is 12.2. The van der Waals surface area contributed by atoms with Crippen molar-refractivity contribution in [3.63, 3.8) is 0 Å². The minimum absolute atomic E-state index is 0.329. The Kier molecular flexibility index (Phi) is 5.47. The maximum atomic E-state index is 12.2. The molecule has 1 heterocycles. The van der Waals surface area contributed by atoms with Gasteiger partial charge in [0.2, 0.25) is 11.9 Å². The molecule has 0 radical (unpaired) electrons. The third-order valence-electron chi connectivity index (χ3n) is 3.29. The first-order valence-electron chi connectivity index (χ1n) is 7.45. The zero-order valence-corrected chi connectivity index (χ0v) is 13.3. The van der Waals surface area contributed by atoms with Gasteiger partial charge in [-0.05, 0) is 11.5 Å². The van der Waals surface area contributed by atoms with Crippen molar-refractivity contribution in [2.75, 3.05) is 25.6 Å². The SMILES string of the molecule is CCCCOC(=O)c1cn[n+](-c2ccccc2)cc1N(C)C. The van der Waals surface area contributed by atoms with Crippen molar-refractivity contribution in [2.24, 2.45) is 0 Å². The van der Waals surface area contributed by atoms with E-state index in [2.05, 4.69) is 12.0 Å². The summed E-state index contributed by atoms with van der Waals surface area (Å²) in [4.78, 5) is 14.1. The molecule has 2 aromatic rings. The summed E-state index contributed by atoms with van der Waals surface area (Å²) in [6.07, 6.45) is 5.27. The van der Waals surface area contributed by atoms with E-state index in [-0.39, 0.29) is 5.97 Å². The monoisotopic (exact) mass is 300 g/mol. The molecule has 1 aromatic heterocycles. The number of carbonyl (C=O) groups excluding carboxylic acids is 1. The number of benzene rings is 1. The number of nitrogens with zero attached hydrogens (tertiary/aromatic N) is 3. The lowest BCUT2D eigenvalue weighted by Crippen LogP contribution is -2.36. The number of hydrogen-bond donors (Lipinski definition) is 0. The van der Waals surface area contributed by atoms with Crippen LogP contribution in [0.1, 0.15) is 30.1 Å². The van der Waals surface area contributed by atoms with Gasteiger partial charge in [0.15, 0.2) is 0 Å². The van der Waals surface area contributed by atoms with E-state index >= 15 is 0 Å². The summed E-state index contributed by atoms with van der Waals surface area (Å²) in [6, 6.07) is 9.78. The molecule has 0 saturated carbocycles. The Bertz CT molecular complexity index is 627. The lowest BCUT2D eigenvalue weighted by atomic mass is 10.2. The Balaban J connectivity index is 2.30. The van der Waals surface area contributed by atoms with E-state index in [0.717, 1.165) is 24.2 Å². The number of para-hydroxylation sites is 1. The topological polar surface area (TPSA) is 46.3 Å². The van der Waals surface area contributed by atoms with Crippen molar-refractivity contribution in [3.8, 4) is 5.69 Å². The Morgan fingerprint density at radius 3 is 2.64 bits per heavy atom. The van der Waals surface area contributed by atoms with Crippen LogP contribution in [0.4, 0.5) is 5.69 Å². The summed E-state index contributed by atoms with van der Waals surface area (Å²) in [5.74, 6) is -0.329. The van der Waals surface area contributed by atoms with Gasteiger partial charge in [0.05, 0.1) is 6.61 Å². The number of rotatable bonds is 6. The van der Waals surface area contributed by atoms with E-state index in [1.807, 2.05) is 55.5 Å². The zero-order chi connectivity index (χ0) is 15.9.